The quantitative estimate of drug-likeness (QED) is 0.775. The average Bonchev–Trinajstić information content (AvgIpc) is 2.35. The van der Waals surface area contributed by atoms with E-state index in [0.717, 1.165) is 5.75 Å². The van der Waals surface area contributed by atoms with Gasteiger partial charge in [-0.25, -0.2) is 4.79 Å². The summed E-state index contributed by atoms with van der Waals surface area (Å²) in [6.45, 7) is 13.5. The van der Waals surface area contributed by atoms with Gasteiger partial charge >= 0.3 is 6.09 Å². The highest BCUT2D eigenvalue weighted by Crippen LogP contribution is 2.42. The van der Waals surface area contributed by atoms with E-state index in [9.17, 15) is 4.79 Å². The molecule has 1 rings (SSSR count). The second kappa shape index (κ2) is 6.98. The predicted molar refractivity (Wildman–Crippen MR) is 88.3 cm³/mol. The molecule has 0 aromatic heterocycles. The molecule has 0 spiro atoms. The largest absolute Gasteiger partial charge is 0.543 e. The smallest absolute Gasteiger partial charge is 0.409 e. The fourth-order valence-electron chi connectivity index (χ4n) is 3.25. The fourth-order valence-corrected chi connectivity index (χ4v) is 8.50. The summed E-state index contributed by atoms with van der Waals surface area (Å²) < 4.78 is 11.3. The molecule has 2 N–H and O–H groups in total. The summed E-state index contributed by atoms with van der Waals surface area (Å²) in [5, 5.41) is 0. The maximum absolute atomic E-state index is 10.7. The molecule has 0 bridgehead atoms. The molecule has 0 unspecified atom stereocenters. The first-order valence-electron chi connectivity index (χ1n) is 7.46. The Morgan fingerprint density at radius 3 is 1.62 bits per heavy atom. The van der Waals surface area contributed by atoms with E-state index in [0.29, 0.717) is 22.4 Å². The molecule has 0 atom stereocenters. The van der Waals surface area contributed by atoms with Crippen molar-refractivity contribution in [3.05, 3.63) is 24.3 Å². The molecule has 0 saturated heterocycles. The van der Waals surface area contributed by atoms with Crippen LogP contribution in [0.15, 0.2) is 24.3 Å². The fraction of sp³-hybridized carbons (Fsp3) is 0.562. The zero-order valence-electron chi connectivity index (χ0n) is 13.8. The Hall–Kier alpha value is -1.49. The third-order valence-electron chi connectivity index (χ3n) is 4.04. The molecule has 1 aromatic carbocycles. The summed E-state index contributed by atoms with van der Waals surface area (Å²) in [6.07, 6.45) is -0.807. The standard InChI is InChI=1S/C16H27NO3Si/c1-11(2)21(12(3)4,13(5)6)20-15-9-7-14(8-10-15)19-16(17)18/h7-13H,1-6H3,(H2,17,18). The molecule has 118 valence electrons. The highest BCUT2D eigenvalue weighted by atomic mass is 28.4. The Bertz CT molecular complexity index is 447. The van der Waals surface area contributed by atoms with Gasteiger partial charge in [0.05, 0.1) is 0 Å². The number of primary amides is 1. The molecule has 0 heterocycles. The van der Waals surface area contributed by atoms with Gasteiger partial charge in [-0.3, -0.25) is 0 Å². The van der Waals surface area contributed by atoms with Crippen molar-refractivity contribution < 1.29 is 14.0 Å². The number of hydrogen-bond donors (Lipinski definition) is 1. The van der Waals surface area contributed by atoms with Gasteiger partial charge in [0.25, 0.3) is 8.32 Å². The molecule has 5 heteroatoms. The SMILES string of the molecule is CC(C)[Si](Oc1ccc(OC(N)=O)cc1)(C(C)C)C(C)C. The van der Waals surface area contributed by atoms with Gasteiger partial charge in [-0.1, -0.05) is 41.5 Å². The third kappa shape index (κ3) is 4.00. The lowest BCUT2D eigenvalue weighted by atomic mass is 10.3. The molecule has 4 nitrogen and oxygen atoms in total. The number of amides is 1. The van der Waals surface area contributed by atoms with Crippen molar-refractivity contribution in [1.29, 1.82) is 0 Å². The topological polar surface area (TPSA) is 61.6 Å². The van der Waals surface area contributed by atoms with Crippen LogP contribution in [0.4, 0.5) is 4.79 Å². The molecule has 21 heavy (non-hydrogen) atoms. The van der Waals surface area contributed by atoms with E-state index in [1.165, 1.54) is 0 Å². The van der Waals surface area contributed by atoms with E-state index in [4.69, 9.17) is 14.9 Å². The van der Waals surface area contributed by atoms with Crippen molar-refractivity contribution in [2.24, 2.45) is 5.73 Å². The Morgan fingerprint density at radius 1 is 0.905 bits per heavy atom. The Kier molecular flexibility index (Phi) is 5.84. The van der Waals surface area contributed by atoms with Crippen LogP contribution in [0.5, 0.6) is 11.5 Å². The van der Waals surface area contributed by atoms with Gasteiger partial charge in [-0.05, 0) is 40.9 Å². The van der Waals surface area contributed by atoms with Crippen molar-refractivity contribution in [3.8, 4) is 11.5 Å². The number of hydrogen-bond acceptors (Lipinski definition) is 3. The second-order valence-electron chi connectivity index (χ2n) is 6.31. The van der Waals surface area contributed by atoms with Crippen molar-refractivity contribution in [2.45, 2.75) is 58.2 Å². The van der Waals surface area contributed by atoms with Crippen LogP contribution in [-0.4, -0.2) is 14.4 Å². The first-order valence-corrected chi connectivity index (χ1v) is 9.60. The van der Waals surface area contributed by atoms with E-state index in [2.05, 4.69) is 41.5 Å². The zero-order chi connectivity index (χ0) is 16.2. The third-order valence-corrected chi connectivity index (χ3v) is 10.0. The number of nitrogens with two attached hydrogens (primary N) is 1. The van der Waals surface area contributed by atoms with E-state index in [-0.39, 0.29) is 0 Å². The molecule has 1 amide bonds. The summed E-state index contributed by atoms with van der Waals surface area (Å²) in [4.78, 5) is 10.7. The van der Waals surface area contributed by atoms with Gasteiger partial charge in [-0.15, -0.1) is 0 Å². The Morgan fingerprint density at radius 2 is 1.29 bits per heavy atom. The maximum Gasteiger partial charge on any atom is 0.409 e. The van der Waals surface area contributed by atoms with Crippen molar-refractivity contribution in [1.82, 2.24) is 0 Å². The van der Waals surface area contributed by atoms with Crippen LogP contribution >= 0.6 is 0 Å². The second-order valence-corrected chi connectivity index (χ2v) is 11.7. The summed E-state index contributed by atoms with van der Waals surface area (Å²) in [6, 6.07) is 7.10. The van der Waals surface area contributed by atoms with Crippen LogP contribution in [0.3, 0.4) is 0 Å². The van der Waals surface area contributed by atoms with E-state index in [1.807, 2.05) is 12.1 Å². The van der Waals surface area contributed by atoms with Gasteiger partial charge in [0, 0.05) is 0 Å². The van der Waals surface area contributed by atoms with Crippen LogP contribution in [0.1, 0.15) is 41.5 Å². The molecule has 0 aliphatic rings. The lowest BCUT2D eigenvalue weighted by Gasteiger charge is -2.42. The van der Waals surface area contributed by atoms with Gasteiger partial charge in [0.1, 0.15) is 11.5 Å². The monoisotopic (exact) mass is 309 g/mol. The zero-order valence-corrected chi connectivity index (χ0v) is 14.8. The minimum atomic E-state index is -1.95. The summed E-state index contributed by atoms with van der Waals surface area (Å²) in [7, 11) is -1.95. The summed E-state index contributed by atoms with van der Waals surface area (Å²) >= 11 is 0. The van der Waals surface area contributed by atoms with E-state index < -0.39 is 14.4 Å². The molecule has 0 aliphatic heterocycles. The molecular weight excluding hydrogens is 282 g/mol. The molecule has 0 fully saturated rings. The lowest BCUT2D eigenvalue weighted by Crippen LogP contribution is -2.50. The molecule has 1 aromatic rings. The van der Waals surface area contributed by atoms with Crippen molar-refractivity contribution in [2.75, 3.05) is 0 Å². The van der Waals surface area contributed by atoms with Crippen LogP contribution in [0, 0.1) is 0 Å². The van der Waals surface area contributed by atoms with Crippen molar-refractivity contribution >= 4 is 14.4 Å². The van der Waals surface area contributed by atoms with Crippen LogP contribution in [0.2, 0.25) is 16.6 Å². The first-order chi connectivity index (χ1) is 9.70. The normalized spacial score (nSPS) is 12.0. The number of ether oxygens (including phenoxy) is 1. The van der Waals surface area contributed by atoms with Crippen LogP contribution in [-0.2, 0) is 0 Å². The van der Waals surface area contributed by atoms with Crippen molar-refractivity contribution in [3.63, 3.8) is 0 Å². The predicted octanol–water partition coefficient (Wildman–Crippen LogP) is 4.70. The summed E-state index contributed by atoms with van der Waals surface area (Å²) in [5.74, 6) is 1.26. The van der Waals surface area contributed by atoms with Gasteiger partial charge in [0.15, 0.2) is 0 Å². The Labute approximate surface area is 128 Å². The minimum absolute atomic E-state index is 0.431. The first kappa shape index (κ1) is 17.6. The molecule has 0 aliphatic carbocycles. The molecule has 0 saturated carbocycles. The van der Waals surface area contributed by atoms with Crippen LogP contribution in [0.25, 0.3) is 0 Å². The summed E-state index contributed by atoms with van der Waals surface area (Å²) in [5.41, 5.74) is 6.54. The van der Waals surface area contributed by atoms with Gasteiger partial charge in [0.2, 0.25) is 0 Å². The number of benzene rings is 1. The van der Waals surface area contributed by atoms with Gasteiger partial charge < -0.3 is 14.9 Å². The average molecular weight is 309 g/mol. The molecular formula is C16H27NO3Si. The van der Waals surface area contributed by atoms with Crippen LogP contribution < -0.4 is 14.9 Å². The lowest BCUT2D eigenvalue weighted by molar-refractivity contribution is 0.211. The van der Waals surface area contributed by atoms with E-state index >= 15 is 0 Å². The highest BCUT2D eigenvalue weighted by Gasteiger charge is 2.46. The maximum atomic E-state index is 10.7. The minimum Gasteiger partial charge on any atom is -0.543 e. The molecule has 0 radical (unpaired) electrons. The number of carbonyl (C=O) groups is 1. The number of carbonyl (C=O) groups excluding carboxylic acids is 1. The number of rotatable bonds is 6. The van der Waals surface area contributed by atoms with Gasteiger partial charge in [-0.2, -0.15) is 0 Å². The Balaban J connectivity index is 3.01. The van der Waals surface area contributed by atoms with E-state index in [1.54, 1.807) is 12.1 Å². The highest BCUT2D eigenvalue weighted by molar-refractivity contribution is 6.78.